The molecule has 0 spiro atoms. The molecule has 3 heterocycles. The summed E-state index contributed by atoms with van der Waals surface area (Å²) in [6.45, 7) is 0. The minimum atomic E-state index is 0. The van der Waals surface area contributed by atoms with Gasteiger partial charge in [-0.1, -0.05) is 245 Å². The van der Waals surface area contributed by atoms with Crippen LogP contribution >= 0.6 is 0 Å². The normalized spacial score (nSPS) is 11.0. The fraction of sp³-hybridized carbons (Fsp3) is 0. The number of hydrogen-bond donors (Lipinski definition) is 0. The molecule has 0 saturated heterocycles. The smallest absolute Gasteiger partial charge is 0.305 e. The van der Waals surface area contributed by atoms with E-state index in [-0.39, 0.29) is 20.1 Å². The van der Waals surface area contributed by atoms with Gasteiger partial charge in [-0.2, -0.15) is 0 Å². The molecular formula is C79H50IrN3. The standard InChI is InChI=1S/C79H50N3.Ir/c1-3-19-54(20-4-1)55-33-35-59(36-34-55)74-52-62(79-53-75(56-21-5-2-6-22-56)73-29-13-14-32-78(73)82-79)45-46-72(74)71-28-12-11-27-70(71)65-50-63(68-25-9-7-23-66(68)57-37-41-60(42-38-57)76-30-15-17-47-80-76)49-64(51-65)69-26-10-8-24-67(69)58-39-43-61(44-40-58)77-31-16-18-48-81-77;/h1-41,43,46-53H;/q-3;+3. The van der Waals surface area contributed by atoms with Crippen LogP contribution in [0.15, 0.2) is 304 Å². The molecule has 390 valence electrons. The Hall–Kier alpha value is -10.2. The molecule has 11 aromatic carbocycles. The number of aromatic nitrogens is 3. The summed E-state index contributed by atoms with van der Waals surface area (Å²) in [5, 5.41) is 1.11. The minimum absolute atomic E-state index is 0. The van der Waals surface area contributed by atoms with Gasteiger partial charge in [0.1, 0.15) is 0 Å². The average molecular weight is 1230 g/mol. The first-order valence-corrected chi connectivity index (χ1v) is 27.6. The molecule has 4 heteroatoms. The van der Waals surface area contributed by atoms with Crippen molar-refractivity contribution >= 4 is 10.9 Å². The van der Waals surface area contributed by atoms with E-state index in [1.54, 1.807) is 0 Å². The van der Waals surface area contributed by atoms with Crippen molar-refractivity contribution in [1.82, 2.24) is 15.0 Å². The third kappa shape index (κ3) is 10.7. The maximum atomic E-state index is 5.32. The molecule has 0 radical (unpaired) electrons. The van der Waals surface area contributed by atoms with Crippen LogP contribution < -0.4 is 0 Å². The molecule has 83 heavy (non-hydrogen) atoms. The van der Waals surface area contributed by atoms with Gasteiger partial charge < -0.3 is 9.97 Å². The SMILES string of the molecule is [Ir+3].[c-]1cc(-c2ccccc2-c2cc(-c3ccccc3-c3c[c-]c(-c4ccccn4)cc3)cc(-c3ccccc3-c3c[c-]c(-c4cc(-c5ccccc5)c5ccccc5n4)cc3-c3ccc(-c4ccccc4)cc3)c2)ccc1-c1ccccn1. The van der Waals surface area contributed by atoms with E-state index >= 15 is 0 Å². The van der Waals surface area contributed by atoms with Crippen LogP contribution in [0.4, 0.5) is 0 Å². The number of pyridine rings is 3. The van der Waals surface area contributed by atoms with Gasteiger partial charge >= 0.3 is 20.1 Å². The van der Waals surface area contributed by atoms with Crippen molar-refractivity contribution in [3.63, 3.8) is 0 Å². The summed E-state index contributed by atoms with van der Waals surface area (Å²) in [5.41, 5.74) is 26.3. The Kier molecular flexibility index (Phi) is 14.8. The predicted molar refractivity (Wildman–Crippen MR) is 339 cm³/mol. The van der Waals surface area contributed by atoms with E-state index in [1.165, 1.54) is 5.56 Å². The van der Waals surface area contributed by atoms with Crippen LogP contribution in [0.1, 0.15) is 0 Å². The summed E-state index contributed by atoms with van der Waals surface area (Å²) >= 11 is 0. The van der Waals surface area contributed by atoms with Gasteiger partial charge in [-0.15, -0.1) is 83.4 Å². The molecule has 0 bridgehead atoms. The van der Waals surface area contributed by atoms with E-state index in [9.17, 15) is 0 Å². The van der Waals surface area contributed by atoms with Gasteiger partial charge in [-0.05, 0) is 115 Å². The van der Waals surface area contributed by atoms with Crippen LogP contribution in [0.25, 0.3) is 145 Å². The average Bonchev–Trinajstić information content (AvgIpc) is 3.75. The van der Waals surface area contributed by atoms with Gasteiger partial charge in [0.2, 0.25) is 0 Å². The monoisotopic (exact) mass is 1230 g/mol. The van der Waals surface area contributed by atoms with Crippen LogP contribution in [0, 0.1) is 18.2 Å². The zero-order chi connectivity index (χ0) is 54.6. The molecule has 0 fully saturated rings. The van der Waals surface area contributed by atoms with E-state index in [2.05, 4.69) is 283 Å². The molecule has 0 amide bonds. The third-order valence-electron chi connectivity index (χ3n) is 15.4. The summed E-state index contributed by atoms with van der Waals surface area (Å²) < 4.78 is 0. The van der Waals surface area contributed by atoms with Crippen LogP contribution in [-0.2, 0) is 20.1 Å². The molecule has 0 saturated carbocycles. The first kappa shape index (κ1) is 52.2. The molecule has 0 aliphatic heterocycles. The molecular weight excluding hydrogens is 1180 g/mol. The van der Waals surface area contributed by atoms with Crippen molar-refractivity contribution in [2.75, 3.05) is 0 Å². The Morgan fingerprint density at radius 2 is 0.639 bits per heavy atom. The largest absolute Gasteiger partial charge is 3.00 e. The number of nitrogens with zero attached hydrogens (tertiary/aromatic N) is 3. The van der Waals surface area contributed by atoms with Crippen LogP contribution in [-0.4, -0.2) is 15.0 Å². The first-order chi connectivity index (χ1) is 40.6. The molecule has 0 aliphatic carbocycles. The summed E-state index contributed by atoms with van der Waals surface area (Å²) in [4.78, 5) is 14.5. The quantitative estimate of drug-likeness (QED) is 0.114. The topological polar surface area (TPSA) is 38.7 Å². The number of fused-ring (bicyclic) bond motifs is 1. The molecule has 0 aliphatic rings. The van der Waals surface area contributed by atoms with E-state index in [4.69, 9.17) is 4.98 Å². The summed E-state index contributed by atoms with van der Waals surface area (Å²) in [6.07, 6.45) is 3.65. The fourth-order valence-corrected chi connectivity index (χ4v) is 11.3. The second kappa shape index (κ2) is 23.5. The Labute approximate surface area is 498 Å². The zero-order valence-electron chi connectivity index (χ0n) is 45.0. The Bertz CT molecular complexity index is 4420. The van der Waals surface area contributed by atoms with E-state index in [0.29, 0.717) is 0 Å². The summed E-state index contributed by atoms with van der Waals surface area (Å²) in [6, 6.07) is 114. The van der Waals surface area contributed by atoms with Crippen LogP contribution in [0.5, 0.6) is 0 Å². The van der Waals surface area contributed by atoms with Crippen molar-refractivity contribution in [3.05, 3.63) is 322 Å². The maximum Gasteiger partial charge on any atom is 3.00 e. The summed E-state index contributed by atoms with van der Waals surface area (Å²) in [7, 11) is 0. The molecule has 3 aromatic heterocycles. The Balaban J connectivity index is 0.00000645. The Morgan fingerprint density at radius 1 is 0.229 bits per heavy atom. The number of rotatable bonds is 12. The molecule has 0 atom stereocenters. The van der Waals surface area contributed by atoms with Gasteiger partial charge in [0.25, 0.3) is 0 Å². The number of hydrogen-bond acceptors (Lipinski definition) is 3. The third-order valence-corrected chi connectivity index (χ3v) is 15.4. The second-order valence-corrected chi connectivity index (χ2v) is 20.4. The van der Waals surface area contributed by atoms with Crippen molar-refractivity contribution in [2.45, 2.75) is 0 Å². The van der Waals surface area contributed by atoms with Crippen molar-refractivity contribution < 1.29 is 20.1 Å². The van der Waals surface area contributed by atoms with Crippen molar-refractivity contribution in [2.24, 2.45) is 0 Å². The van der Waals surface area contributed by atoms with E-state index < -0.39 is 0 Å². The van der Waals surface area contributed by atoms with E-state index in [0.717, 1.165) is 139 Å². The molecule has 0 unspecified atom stereocenters. The van der Waals surface area contributed by atoms with Gasteiger partial charge in [-0.25, -0.2) is 0 Å². The minimum Gasteiger partial charge on any atom is -0.305 e. The molecule has 14 rings (SSSR count). The fourth-order valence-electron chi connectivity index (χ4n) is 11.3. The number of benzene rings is 11. The second-order valence-electron chi connectivity index (χ2n) is 20.4. The van der Waals surface area contributed by atoms with Crippen LogP contribution in [0.2, 0.25) is 0 Å². The zero-order valence-corrected chi connectivity index (χ0v) is 47.4. The van der Waals surface area contributed by atoms with Crippen molar-refractivity contribution in [1.29, 1.82) is 0 Å². The summed E-state index contributed by atoms with van der Waals surface area (Å²) in [5.74, 6) is 0. The number of para-hydroxylation sites is 1. The maximum absolute atomic E-state index is 5.32. The molecule has 0 N–H and O–H groups in total. The van der Waals surface area contributed by atoms with E-state index in [1.807, 2.05) is 48.8 Å². The van der Waals surface area contributed by atoms with Gasteiger partial charge in [0.05, 0.1) is 5.52 Å². The van der Waals surface area contributed by atoms with Gasteiger partial charge in [-0.3, -0.25) is 4.98 Å². The molecule has 14 aromatic rings. The van der Waals surface area contributed by atoms with Crippen molar-refractivity contribution in [3.8, 4) is 134 Å². The Morgan fingerprint density at radius 3 is 1.16 bits per heavy atom. The van der Waals surface area contributed by atoms with Gasteiger partial charge in [0, 0.05) is 17.8 Å². The van der Waals surface area contributed by atoms with Crippen LogP contribution in [0.3, 0.4) is 0 Å². The predicted octanol–water partition coefficient (Wildman–Crippen LogP) is 20.4. The molecule has 3 nitrogen and oxygen atoms in total. The first-order valence-electron chi connectivity index (χ1n) is 27.6. The van der Waals surface area contributed by atoms with Gasteiger partial charge in [0.15, 0.2) is 0 Å².